The van der Waals surface area contributed by atoms with Gasteiger partial charge in [0.25, 0.3) is 11.8 Å². The molecule has 0 aliphatic rings. The second-order valence-corrected chi connectivity index (χ2v) is 9.73. The number of nitrogens with zero attached hydrogens (tertiary/aromatic N) is 2. The molecule has 6 heteroatoms. The number of nitrogens with one attached hydrogen (secondary N) is 2. The van der Waals surface area contributed by atoms with Crippen LogP contribution in [-0.4, -0.2) is 11.8 Å². The summed E-state index contributed by atoms with van der Waals surface area (Å²) in [6.45, 7) is 0. The molecule has 6 rings (SSSR count). The summed E-state index contributed by atoms with van der Waals surface area (Å²) in [5.74, 6) is -0.293. The van der Waals surface area contributed by atoms with E-state index in [0.29, 0.717) is 11.1 Å². The predicted octanol–water partition coefficient (Wildman–Crippen LogP) is 6.41. The lowest BCUT2D eigenvalue weighted by molar-refractivity contribution is -0.596. The molecule has 0 saturated carbocycles. The van der Waals surface area contributed by atoms with Crippen molar-refractivity contribution >= 4 is 23.2 Å². The van der Waals surface area contributed by atoms with Crippen LogP contribution in [0.2, 0.25) is 0 Å². The van der Waals surface area contributed by atoms with E-state index in [-0.39, 0.29) is 11.8 Å². The Morgan fingerprint density at radius 2 is 0.881 bits per heavy atom. The van der Waals surface area contributed by atoms with Gasteiger partial charge in [-0.25, -0.2) is 0 Å². The number of hydrogen-bond acceptors (Lipinski definition) is 2. The molecule has 0 atom stereocenters. The van der Waals surface area contributed by atoms with Gasteiger partial charge in [-0.05, 0) is 47.5 Å². The van der Waals surface area contributed by atoms with E-state index in [2.05, 4.69) is 34.9 Å². The number of anilines is 2. The van der Waals surface area contributed by atoms with Gasteiger partial charge in [-0.2, -0.15) is 9.13 Å². The molecule has 0 unspecified atom stereocenters. The molecule has 2 amide bonds. The third-order valence-electron chi connectivity index (χ3n) is 6.87. The first-order valence-electron chi connectivity index (χ1n) is 13.6. The monoisotopic (exact) mass is 548 g/mol. The van der Waals surface area contributed by atoms with Crippen LogP contribution in [0, 0.1) is 0 Å². The van der Waals surface area contributed by atoms with Gasteiger partial charge in [0, 0.05) is 71.0 Å². The fourth-order valence-electron chi connectivity index (χ4n) is 4.65. The summed E-state index contributed by atoms with van der Waals surface area (Å²) in [5.41, 5.74) is 6.67. The topological polar surface area (TPSA) is 66.0 Å². The lowest BCUT2D eigenvalue weighted by Gasteiger charge is -2.06. The van der Waals surface area contributed by atoms with E-state index >= 15 is 0 Å². The van der Waals surface area contributed by atoms with Gasteiger partial charge in [0.15, 0.2) is 24.8 Å². The van der Waals surface area contributed by atoms with E-state index < -0.39 is 0 Å². The predicted molar refractivity (Wildman–Crippen MR) is 164 cm³/mol. The minimum Gasteiger partial charge on any atom is -0.322 e. The fraction of sp³-hybridized carbons (Fsp3) is 0. The average molecular weight is 549 g/mol. The zero-order valence-corrected chi connectivity index (χ0v) is 22.7. The van der Waals surface area contributed by atoms with Crippen LogP contribution in [0.4, 0.5) is 11.4 Å². The molecule has 202 valence electrons. The van der Waals surface area contributed by atoms with Crippen molar-refractivity contribution in [2.75, 3.05) is 10.6 Å². The van der Waals surface area contributed by atoms with Gasteiger partial charge < -0.3 is 10.6 Å². The summed E-state index contributed by atoms with van der Waals surface area (Å²) in [6.07, 6.45) is 7.99. The molecule has 42 heavy (non-hydrogen) atoms. The van der Waals surface area contributed by atoms with E-state index in [4.69, 9.17) is 0 Å². The molecule has 0 aliphatic carbocycles. The first kappa shape index (κ1) is 26.3. The Kier molecular flexibility index (Phi) is 7.59. The second kappa shape index (κ2) is 12.1. The largest absolute Gasteiger partial charge is 0.322 e. The Balaban J connectivity index is 1.14. The highest BCUT2D eigenvalue weighted by Crippen LogP contribution is 2.18. The number of benzene rings is 4. The summed E-state index contributed by atoms with van der Waals surface area (Å²) < 4.78 is 4.00. The van der Waals surface area contributed by atoms with Crippen molar-refractivity contribution in [2.24, 2.45) is 0 Å². The summed E-state index contributed by atoms with van der Waals surface area (Å²) in [4.78, 5) is 25.3. The van der Waals surface area contributed by atoms with Crippen LogP contribution in [0.5, 0.6) is 0 Å². The lowest BCUT2D eigenvalue weighted by atomic mass is 10.1. The highest BCUT2D eigenvalue weighted by Gasteiger charge is 2.14. The molecule has 0 fully saturated rings. The molecule has 2 heterocycles. The molecule has 0 radical (unpaired) electrons. The third kappa shape index (κ3) is 6.13. The molecule has 6 aromatic rings. The number of hydrogen-bond donors (Lipinski definition) is 2. The van der Waals surface area contributed by atoms with E-state index in [9.17, 15) is 9.59 Å². The zero-order chi connectivity index (χ0) is 28.7. The normalized spacial score (nSPS) is 10.6. The van der Waals surface area contributed by atoms with Crippen molar-refractivity contribution in [2.45, 2.75) is 0 Å². The van der Waals surface area contributed by atoms with Crippen LogP contribution < -0.4 is 19.8 Å². The van der Waals surface area contributed by atoms with Crippen molar-refractivity contribution in [3.63, 3.8) is 0 Å². The Morgan fingerprint density at radius 1 is 0.429 bits per heavy atom. The van der Waals surface area contributed by atoms with Gasteiger partial charge in [-0.1, -0.05) is 48.5 Å². The Hall–Kier alpha value is -5.88. The first-order valence-corrected chi connectivity index (χ1v) is 13.6. The minimum absolute atomic E-state index is 0.142. The van der Waals surface area contributed by atoms with Crippen molar-refractivity contribution in [1.29, 1.82) is 0 Å². The third-order valence-corrected chi connectivity index (χ3v) is 6.87. The molecule has 6 nitrogen and oxygen atoms in total. The van der Waals surface area contributed by atoms with E-state index in [1.807, 2.05) is 131 Å². The van der Waals surface area contributed by atoms with E-state index in [0.717, 1.165) is 33.9 Å². The summed E-state index contributed by atoms with van der Waals surface area (Å²) in [7, 11) is 0. The number of pyridine rings is 2. The van der Waals surface area contributed by atoms with Crippen molar-refractivity contribution in [3.8, 4) is 22.5 Å². The summed E-state index contributed by atoms with van der Waals surface area (Å²) in [6, 6.07) is 42.1. The van der Waals surface area contributed by atoms with Crippen LogP contribution in [0.3, 0.4) is 0 Å². The molecule has 0 aliphatic heterocycles. The van der Waals surface area contributed by atoms with Crippen LogP contribution in [0.25, 0.3) is 22.5 Å². The maximum absolute atomic E-state index is 12.8. The van der Waals surface area contributed by atoms with Gasteiger partial charge in [-0.3, -0.25) is 9.59 Å². The van der Waals surface area contributed by atoms with Crippen molar-refractivity contribution in [1.82, 2.24) is 0 Å². The summed E-state index contributed by atoms with van der Waals surface area (Å²) >= 11 is 0. The number of para-hydroxylation sites is 1. The molecular weight excluding hydrogens is 520 g/mol. The Bertz CT molecular complexity index is 1840. The molecule has 2 aromatic heterocycles. The Labute approximate surface area is 244 Å². The van der Waals surface area contributed by atoms with Crippen LogP contribution in [0.15, 0.2) is 158 Å². The maximum Gasteiger partial charge on any atom is 0.255 e. The quantitative estimate of drug-likeness (QED) is 0.226. The molecule has 0 bridgehead atoms. The van der Waals surface area contributed by atoms with Crippen LogP contribution in [-0.2, 0) is 0 Å². The van der Waals surface area contributed by atoms with Gasteiger partial charge in [-0.15, -0.1) is 0 Å². The Morgan fingerprint density at radius 3 is 1.50 bits per heavy atom. The number of carbonyl (C=O) groups excluding carboxylic acids is 2. The van der Waals surface area contributed by atoms with Crippen LogP contribution >= 0.6 is 0 Å². The van der Waals surface area contributed by atoms with Gasteiger partial charge >= 0.3 is 0 Å². The molecular formula is C36H28N4O2+2. The number of carbonyl (C=O) groups is 2. The number of rotatable bonds is 7. The number of aromatic nitrogens is 2. The molecule has 0 spiro atoms. The SMILES string of the molecule is O=C(Nc1cccc(-[n+]2ccc(-c3cc[n+](-c4cccc(C(=O)Nc5ccccc5)c4)cc3)cc2)c1)c1ccccc1. The highest BCUT2D eigenvalue weighted by molar-refractivity contribution is 6.05. The van der Waals surface area contributed by atoms with Crippen molar-refractivity contribution < 1.29 is 18.7 Å². The average Bonchev–Trinajstić information content (AvgIpc) is 3.06. The minimum atomic E-state index is -0.151. The smallest absolute Gasteiger partial charge is 0.255 e. The van der Waals surface area contributed by atoms with Gasteiger partial charge in [0.05, 0.1) is 0 Å². The van der Waals surface area contributed by atoms with Gasteiger partial charge in [0.2, 0.25) is 11.4 Å². The molecule has 0 saturated heterocycles. The van der Waals surface area contributed by atoms with E-state index in [1.165, 1.54) is 0 Å². The lowest BCUT2D eigenvalue weighted by Crippen LogP contribution is -2.30. The summed E-state index contributed by atoms with van der Waals surface area (Å²) in [5, 5.41) is 5.90. The standard InChI is InChI=1S/C36H26N4O2/c41-35(29-9-3-1-4-10-29)38-32-14-8-16-34(26-32)40-23-19-28(20-24-40)27-17-21-39(22-18-27)33-15-7-11-30(25-33)36(42)37-31-12-5-2-6-13-31/h1-26H/p+2. The van der Waals surface area contributed by atoms with Crippen molar-refractivity contribution in [3.05, 3.63) is 169 Å². The maximum atomic E-state index is 12.8. The zero-order valence-electron chi connectivity index (χ0n) is 22.7. The highest BCUT2D eigenvalue weighted by atomic mass is 16.2. The second-order valence-electron chi connectivity index (χ2n) is 9.73. The fourth-order valence-corrected chi connectivity index (χ4v) is 4.65. The number of amides is 2. The first-order chi connectivity index (χ1) is 20.6. The van der Waals surface area contributed by atoms with E-state index in [1.54, 1.807) is 12.1 Å². The van der Waals surface area contributed by atoms with Gasteiger partial charge in [0.1, 0.15) is 0 Å². The molecule has 2 N–H and O–H groups in total. The molecule has 4 aromatic carbocycles. The van der Waals surface area contributed by atoms with Crippen LogP contribution in [0.1, 0.15) is 20.7 Å².